The SMILES string of the molecule is CNC(=O)C(C)(C)[C@H](c1nc(-c2cc(F)ccc2F)cn1Cc1ccccc1)N(CC1CN(C(=O)OC(C)(C)C)CC1F)C(=O)[C@H](C)OC(C)=O. The van der Waals surface area contributed by atoms with Crippen molar-refractivity contribution in [1.29, 1.82) is 0 Å². The van der Waals surface area contributed by atoms with Gasteiger partial charge in [0, 0.05) is 51.3 Å². The summed E-state index contributed by atoms with van der Waals surface area (Å²) in [6.07, 6.45) is -2.18. The van der Waals surface area contributed by atoms with Gasteiger partial charge in [0.2, 0.25) is 5.91 Å². The van der Waals surface area contributed by atoms with Crippen LogP contribution >= 0.6 is 0 Å². The Morgan fingerprint density at radius 3 is 2.31 bits per heavy atom. The van der Waals surface area contributed by atoms with Crippen molar-refractivity contribution in [2.24, 2.45) is 11.3 Å². The van der Waals surface area contributed by atoms with Crippen molar-refractivity contribution in [1.82, 2.24) is 24.7 Å². The molecule has 0 radical (unpaired) electrons. The predicted octanol–water partition coefficient (Wildman–Crippen LogP) is 5.68. The summed E-state index contributed by atoms with van der Waals surface area (Å²) >= 11 is 0. The first-order chi connectivity index (χ1) is 23.8. The lowest BCUT2D eigenvalue weighted by Gasteiger charge is -2.42. The zero-order valence-corrected chi connectivity index (χ0v) is 30.2. The number of carbonyl (C=O) groups is 4. The Morgan fingerprint density at radius 1 is 1.04 bits per heavy atom. The van der Waals surface area contributed by atoms with E-state index in [0.717, 1.165) is 30.7 Å². The second-order valence-electron chi connectivity index (χ2n) is 14.3. The summed E-state index contributed by atoms with van der Waals surface area (Å²) in [7, 11) is 1.42. The molecule has 1 aromatic heterocycles. The number of amides is 3. The molecular weight excluding hydrogens is 667 g/mol. The van der Waals surface area contributed by atoms with E-state index >= 15 is 8.78 Å². The van der Waals surface area contributed by atoms with Gasteiger partial charge in [-0.1, -0.05) is 30.3 Å². The van der Waals surface area contributed by atoms with Crippen LogP contribution in [0.2, 0.25) is 0 Å². The van der Waals surface area contributed by atoms with E-state index in [1.165, 1.54) is 30.0 Å². The number of nitrogens with one attached hydrogen (secondary N) is 1. The molecule has 1 aliphatic heterocycles. The molecule has 14 heteroatoms. The van der Waals surface area contributed by atoms with Crippen LogP contribution in [0.1, 0.15) is 65.9 Å². The fourth-order valence-corrected chi connectivity index (χ4v) is 6.26. The number of aromatic nitrogens is 2. The Morgan fingerprint density at radius 2 is 1.71 bits per heavy atom. The summed E-state index contributed by atoms with van der Waals surface area (Å²) in [5, 5.41) is 2.63. The zero-order valence-electron chi connectivity index (χ0n) is 30.2. The van der Waals surface area contributed by atoms with Crippen molar-refractivity contribution in [2.75, 3.05) is 26.7 Å². The van der Waals surface area contributed by atoms with E-state index < -0.39 is 70.8 Å². The minimum atomic E-state index is -1.60. The molecule has 2 heterocycles. The highest BCUT2D eigenvalue weighted by atomic mass is 19.1. The topological polar surface area (TPSA) is 123 Å². The van der Waals surface area contributed by atoms with Crippen LogP contribution in [0, 0.1) is 23.0 Å². The largest absolute Gasteiger partial charge is 0.453 e. The number of likely N-dealkylation sites (tertiary alicyclic amines) is 1. The van der Waals surface area contributed by atoms with Crippen molar-refractivity contribution in [3.8, 4) is 11.3 Å². The summed E-state index contributed by atoms with van der Waals surface area (Å²) in [5.41, 5.74) is -1.68. The molecule has 1 fully saturated rings. The minimum Gasteiger partial charge on any atom is -0.453 e. The molecule has 0 saturated carbocycles. The maximum atomic E-state index is 15.9. The van der Waals surface area contributed by atoms with Gasteiger partial charge >= 0.3 is 12.1 Å². The third-order valence-corrected chi connectivity index (χ3v) is 8.68. The Kier molecular flexibility index (Phi) is 11.9. The van der Waals surface area contributed by atoms with Crippen LogP contribution in [0.4, 0.5) is 18.0 Å². The van der Waals surface area contributed by atoms with E-state index in [0.29, 0.717) is 0 Å². The lowest BCUT2D eigenvalue weighted by molar-refractivity contribution is -0.162. The van der Waals surface area contributed by atoms with Crippen LogP contribution in [0.25, 0.3) is 11.3 Å². The van der Waals surface area contributed by atoms with E-state index in [2.05, 4.69) is 5.32 Å². The number of alkyl halides is 1. The first-order valence-corrected chi connectivity index (χ1v) is 16.7. The number of carbonyl (C=O) groups excluding carboxylic acids is 4. The van der Waals surface area contributed by atoms with E-state index in [9.17, 15) is 23.6 Å². The van der Waals surface area contributed by atoms with Crippen LogP contribution in [-0.4, -0.2) is 87.8 Å². The van der Waals surface area contributed by atoms with Crippen molar-refractivity contribution in [3.63, 3.8) is 0 Å². The quantitative estimate of drug-likeness (QED) is 0.254. The molecule has 1 saturated heterocycles. The van der Waals surface area contributed by atoms with E-state index in [4.69, 9.17) is 14.5 Å². The molecule has 3 amide bonds. The number of hydrogen-bond donors (Lipinski definition) is 1. The van der Waals surface area contributed by atoms with Crippen LogP contribution in [0.3, 0.4) is 0 Å². The molecule has 1 aliphatic rings. The molecule has 11 nitrogen and oxygen atoms in total. The first kappa shape index (κ1) is 38.9. The van der Waals surface area contributed by atoms with Crippen molar-refractivity contribution in [2.45, 2.75) is 78.9 Å². The van der Waals surface area contributed by atoms with Gasteiger partial charge < -0.3 is 29.2 Å². The number of esters is 1. The summed E-state index contributed by atoms with van der Waals surface area (Å²) in [6, 6.07) is 10.8. The number of nitrogens with zero attached hydrogens (tertiary/aromatic N) is 4. The molecule has 0 aliphatic carbocycles. The van der Waals surface area contributed by atoms with E-state index in [1.54, 1.807) is 39.2 Å². The smallest absolute Gasteiger partial charge is 0.410 e. The van der Waals surface area contributed by atoms with Crippen LogP contribution in [0.15, 0.2) is 54.7 Å². The number of rotatable bonds is 11. The summed E-state index contributed by atoms with van der Waals surface area (Å²) < 4.78 is 57.9. The van der Waals surface area contributed by atoms with Gasteiger partial charge in [0.1, 0.15) is 35.3 Å². The summed E-state index contributed by atoms with van der Waals surface area (Å²) in [5.74, 6) is -4.32. The molecule has 2 aromatic carbocycles. The first-order valence-electron chi connectivity index (χ1n) is 16.7. The average Bonchev–Trinajstić information content (AvgIpc) is 3.63. The highest BCUT2D eigenvalue weighted by Gasteiger charge is 2.49. The molecule has 3 aromatic rings. The molecule has 4 rings (SSSR count). The van der Waals surface area contributed by atoms with Crippen LogP contribution in [-0.2, 0) is 30.4 Å². The fraction of sp³-hybridized carbons (Fsp3) is 0.486. The minimum absolute atomic E-state index is 0.0245. The summed E-state index contributed by atoms with van der Waals surface area (Å²) in [4.78, 5) is 60.3. The summed E-state index contributed by atoms with van der Waals surface area (Å²) in [6.45, 7) is 10.1. The van der Waals surface area contributed by atoms with Gasteiger partial charge in [0.05, 0.1) is 17.7 Å². The number of halogens is 3. The lowest BCUT2D eigenvalue weighted by atomic mass is 9.80. The molecule has 0 spiro atoms. The number of imidazole rings is 1. The normalized spacial score (nSPS) is 17.4. The van der Waals surface area contributed by atoms with Crippen LogP contribution in [0.5, 0.6) is 0 Å². The van der Waals surface area contributed by atoms with Gasteiger partial charge in [-0.2, -0.15) is 0 Å². The molecule has 2 unspecified atom stereocenters. The Hall–Kier alpha value is -4.88. The third-order valence-electron chi connectivity index (χ3n) is 8.68. The van der Waals surface area contributed by atoms with Gasteiger partial charge in [-0.25, -0.2) is 22.9 Å². The van der Waals surface area contributed by atoms with Gasteiger partial charge in [0.15, 0.2) is 6.10 Å². The van der Waals surface area contributed by atoms with E-state index in [1.807, 2.05) is 30.3 Å². The highest BCUT2D eigenvalue weighted by Crippen LogP contribution is 2.42. The maximum Gasteiger partial charge on any atom is 0.410 e. The Bertz CT molecular complexity index is 1740. The zero-order chi connectivity index (χ0) is 37.8. The van der Waals surface area contributed by atoms with Gasteiger partial charge in [-0.05, 0) is 65.3 Å². The van der Waals surface area contributed by atoms with Gasteiger partial charge in [0.25, 0.3) is 5.91 Å². The lowest BCUT2D eigenvalue weighted by Crippen LogP contribution is -2.53. The molecule has 0 bridgehead atoms. The Balaban J connectivity index is 1.93. The Labute approximate surface area is 296 Å². The van der Waals surface area contributed by atoms with Gasteiger partial charge in [-0.15, -0.1) is 0 Å². The maximum absolute atomic E-state index is 15.9. The number of hydrogen-bond acceptors (Lipinski definition) is 7. The van der Waals surface area contributed by atoms with Crippen molar-refractivity contribution < 1.29 is 41.8 Å². The molecule has 1 N–H and O–H groups in total. The molecular formula is C37H46F3N5O6. The second kappa shape index (κ2) is 15.6. The van der Waals surface area contributed by atoms with Crippen molar-refractivity contribution >= 4 is 23.9 Å². The average molecular weight is 714 g/mol. The second-order valence-corrected chi connectivity index (χ2v) is 14.3. The fourth-order valence-electron chi connectivity index (χ4n) is 6.26. The standard InChI is InChI=1S/C37H46F3N5O6/c1-22(50-23(2)46)33(47)45(19-25-18-44(20-29(25)40)35(49)51-36(3,4)5)31(37(6,7)34(48)41-8)32-42-30(27-16-26(38)14-15-28(27)39)21-43(32)17-24-12-10-9-11-13-24/h9-16,21-22,25,29,31H,17-20H2,1-8H3,(H,41,48)/t22-,25?,29?,31-/m0/s1. The van der Waals surface area contributed by atoms with Crippen molar-refractivity contribution in [3.05, 3.63) is 77.8 Å². The number of ether oxygens (including phenoxy) is 2. The molecule has 276 valence electrons. The third kappa shape index (κ3) is 9.27. The van der Waals surface area contributed by atoms with Crippen LogP contribution < -0.4 is 5.32 Å². The molecule has 4 atom stereocenters. The number of benzene rings is 2. The van der Waals surface area contributed by atoms with Gasteiger partial charge in [-0.3, -0.25) is 14.4 Å². The highest BCUT2D eigenvalue weighted by molar-refractivity contribution is 5.86. The predicted molar refractivity (Wildman–Crippen MR) is 183 cm³/mol. The molecule has 51 heavy (non-hydrogen) atoms. The monoisotopic (exact) mass is 713 g/mol. The van der Waals surface area contributed by atoms with E-state index in [-0.39, 0.29) is 43.3 Å².